The van der Waals surface area contributed by atoms with Crippen LogP contribution in [0.3, 0.4) is 0 Å². The molecule has 2 aliphatic rings. The second kappa shape index (κ2) is 6.17. The lowest BCUT2D eigenvalue weighted by Crippen LogP contribution is -2.22. The molecule has 0 spiro atoms. The van der Waals surface area contributed by atoms with Crippen molar-refractivity contribution >= 4 is 5.69 Å². The third kappa shape index (κ3) is 3.18. The van der Waals surface area contributed by atoms with E-state index in [-0.39, 0.29) is 0 Å². The summed E-state index contributed by atoms with van der Waals surface area (Å²) < 4.78 is 0. The van der Waals surface area contributed by atoms with Gasteiger partial charge in [0.25, 0.3) is 0 Å². The first-order chi connectivity index (χ1) is 10.2. The molecule has 0 saturated heterocycles. The molecule has 0 aliphatic heterocycles. The summed E-state index contributed by atoms with van der Waals surface area (Å²) in [6.45, 7) is 4.54. The Morgan fingerprint density at radius 2 is 1.71 bits per heavy atom. The van der Waals surface area contributed by atoms with E-state index < -0.39 is 0 Å². The van der Waals surface area contributed by atoms with Gasteiger partial charge < -0.3 is 4.90 Å². The van der Waals surface area contributed by atoms with Crippen LogP contribution in [-0.2, 0) is 0 Å². The molecule has 1 aromatic rings. The number of rotatable bonds is 3. The maximum Gasteiger partial charge on any atom is 0.0461 e. The Kier molecular flexibility index (Phi) is 4.10. The highest BCUT2D eigenvalue weighted by Gasteiger charge is 2.18. The first-order valence-electron chi connectivity index (χ1n) is 7.86. The number of nitrogens with zero attached hydrogens (tertiary/aromatic N) is 1. The molecule has 2 aliphatic carbocycles. The maximum absolute atomic E-state index is 2.37. The van der Waals surface area contributed by atoms with E-state index in [1.165, 1.54) is 17.1 Å². The van der Waals surface area contributed by atoms with E-state index in [1.807, 2.05) is 0 Å². The lowest BCUT2D eigenvalue weighted by Gasteiger charge is -2.31. The number of benzene rings is 1. The SMILES string of the molecule is CC1C=CC(N(C2=CC(C)CC=C2)c2ccccc2)=CC1. The zero-order valence-electron chi connectivity index (χ0n) is 12.9. The maximum atomic E-state index is 2.37. The highest BCUT2D eigenvalue weighted by molar-refractivity contribution is 5.63. The molecule has 0 aromatic heterocycles. The van der Waals surface area contributed by atoms with Crippen molar-refractivity contribution in [1.29, 1.82) is 0 Å². The van der Waals surface area contributed by atoms with Gasteiger partial charge in [0.15, 0.2) is 0 Å². The van der Waals surface area contributed by atoms with E-state index in [4.69, 9.17) is 0 Å². The normalized spacial score (nSPS) is 24.5. The summed E-state index contributed by atoms with van der Waals surface area (Å²) in [6.07, 6.45) is 16.1. The van der Waals surface area contributed by atoms with Gasteiger partial charge in [0.2, 0.25) is 0 Å². The second-order valence-corrected chi connectivity index (χ2v) is 6.08. The van der Waals surface area contributed by atoms with Crippen LogP contribution in [-0.4, -0.2) is 0 Å². The summed E-state index contributed by atoms with van der Waals surface area (Å²) in [5.41, 5.74) is 3.79. The van der Waals surface area contributed by atoms with Crippen LogP contribution in [0.2, 0.25) is 0 Å². The number of hydrogen-bond acceptors (Lipinski definition) is 1. The summed E-state index contributed by atoms with van der Waals surface area (Å²) in [7, 11) is 0. The molecule has 2 atom stereocenters. The minimum absolute atomic E-state index is 0.600. The van der Waals surface area contributed by atoms with Crippen molar-refractivity contribution in [3.8, 4) is 0 Å². The fourth-order valence-corrected chi connectivity index (χ4v) is 2.87. The highest BCUT2D eigenvalue weighted by atomic mass is 15.2. The van der Waals surface area contributed by atoms with Gasteiger partial charge in [-0.05, 0) is 49.0 Å². The third-order valence-electron chi connectivity index (χ3n) is 4.08. The first kappa shape index (κ1) is 13.9. The molecule has 0 bridgehead atoms. The molecule has 108 valence electrons. The smallest absolute Gasteiger partial charge is 0.0461 e. The molecule has 1 heteroatoms. The van der Waals surface area contributed by atoms with Crippen LogP contribution in [0.25, 0.3) is 0 Å². The van der Waals surface area contributed by atoms with E-state index in [0.717, 1.165) is 12.8 Å². The largest absolute Gasteiger partial charge is 0.311 e. The molecular weight excluding hydrogens is 254 g/mol. The quantitative estimate of drug-likeness (QED) is 0.709. The summed E-state index contributed by atoms with van der Waals surface area (Å²) >= 11 is 0. The van der Waals surface area contributed by atoms with Crippen molar-refractivity contribution < 1.29 is 0 Å². The van der Waals surface area contributed by atoms with Crippen LogP contribution in [0.5, 0.6) is 0 Å². The van der Waals surface area contributed by atoms with Crippen molar-refractivity contribution in [2.24, 2.45) is 11.8 Å². The molecule has 0 N–H and O–H groups in total. The average Bonchev–Trinajstić information content (AvgIpc) is 2.51. The van der Waals surface area contributed by atoms with Gasteiger partial charge >= 0.3 is 0 Å². The Hall–Kier alpha value is -2.02. The summed E-state index contributed by atoms with van der Waals surface area (Å²) in [5, 5.41) is 0. The Morgan fingerprint density at radius 1 is 0.905 bits per heavy atom. The zero-order valence-corrected chi connectivity index (χ0v) is 12.9. The Morgan fingerprint density at radius 3 is 2.38 bits per heavy atom. The van der Waals surface area contributed by atoms with Gasteiger partial charge in [-0.2, -0.15) is 0 Å². The summed E-state index contributed by atoms with van der Waals surface area (Å²) in [4.78, 5) is 2.37. The van der Waals surface area contributed by atoms with Crippen LogP contribution < -0.4 is 4.90 Å². The average molecular weight is 277 g/mol. The predicted octanol–water partition coefficient (Wildman–Crippen LogP) is 5.45. The van der Waals surface area contributed by atoms with Crippen molar-refractivity contribution in [1.82, 2.24) is 0 Å². The number of hydrogen-bond donors (Lipinski definition) is 0. The molecule has 3 rings (SSSR count). The molecular formula is C20H23N. The van der Waals surface area contributed by atoms with Gasteiger partial charge in [0.05, 0.1) is 0 Å². The van der Waals surface area contributed by atoms with Gasteiger partial charge in [-0.1, -0.05) is 56.4 Å². The van der Waals surface area contributed by atoms with E-state index >= 15 is 0 Å². The van der Waals surface area contributed by atoms with Crippen molar-refractivity contribution in [3.05, 3.63) is 78.2 Å². The lowest BCUT2D eigenvalue weighted by atomic mass is 9.97. The van der Waals surface area contributed by atoms with Gasteiger partial charge in [-0.25, -0.2) is 0 Å². The zero-order chi connectivity index (χ0) is 14.7. The predicted molar refractivity (Wildman–Crippen MR) is 90.9 cm³/mol. The van der Waals surface area contributed by atoms with E-state index in [1.54, 1.807) is 0 Å². The van der Waals surface area contributed by atoms with Gasteiger partial charge in [0.1, 0.15) is 0 Å². The third-order valence-corrected chi connectivity index (χ3v) is 4.08. The van der Waals surface area contributed by atoms with Crippen LogP contribution in [0.15, 0.2) is 78.2 Å². The lowest BCUT2D eigenvalue weighted by molar-refractivity contribution is 0.716. The van der Waals surface area contributed by atoms with Crippen LogP contribution >= 0.6 is 0 Å². The Labute approximate surface area is 128 Å². The molecule has 1 nitrogen and oxygen atoms in total. The standard InChI is InChI=1S/C20H23N/c1-16-11-13-19(14-12-16)21(18-8-4-3-5-9-18)20-10-6-7-17(2)15-20/h3-6,8-11,13-17H,7,12H2,1-2H3. The number of para-hydroxylation sites is 1. The monoisotopic (exact) mass is 277 g/mol. The van der Waals surface area contributed by atoms with Crippen LogP contribution in [0.1, 0.15) is 26.7 Å². The van der Waals surface area contributed by atoms with E-state index in [9.17, 15) is 0 Å². The fourth-order valence-electron chi connectivity index (χ4n) is 2.87. The summed E-state index contributed by atoms with van der Waals surface area (Å²) in [6, 6.07) is 10.6. The Balaban J connectivity index is 2.00. The first-order valence-corrected chi connectivity index (χ1v) is 7.86. The van der Waals surface area contributed by atoms with E-state index in [2.05, 4.69) is 85.5 Å². The molecule has 0 heterocycles. The van der Waals surface area contributed by atoms with Crippen LogP contribution in [0, 0.1) is 11.8 Å². The topological polar surface area (TPSA) is 3.24 Å². The minimum Gasteiger partial charge on any atom is -0.311 e. The molecule has 0 radical (unpaired) electrons. The van der Waals surface area contributed by atoms with Gasteiger partial charge in [-0.15, -0.1) is 0 Å². The Bertz CT molecular complexity index is 604. The highest BCUT2D eigenvalue weighted by Crippen LogP contribution is 2.31. The molecule has 21 heavy (non-hydrogen) atoms. The minimum atomic E-state index is 0.600. The van der Waals surface area contributed by atoms with Gasteiger partial charge in [0, 0.05) is 17.1 Å². The molecule has 0 amide bonds. The number of anilines is 1. The van der Waals surface area contributed by atoms with Crippen molar-refractivity contribution in [2.45, 2.75) is 26.7 Å². The fraction of sp³-hybridized carbons (Fsp3) is 0.300. The van der Waals surface area contributed by atoms with Gasteiger partial charge in [-0.3, -0.25) is 0 Å². The second-order valence-electron chi connectivity index (χ2n) is 6.08. The molecule has 0 saturated carbocycles. The van der Waals surface area contributed by atoms with Crippen LogP contribution in [0.4, 0.5) is 5.69 Å². The number of allylic oxidation sites excluding steroid dienone is 6. The summed E-state index contributed by atoms with van der Waals surface area (Å²) in [5.74, 6) is 1.24. The molecule has 1 aromatic carbocycles. The van der Waals surface area contributed by atoms with E-state index in [0.29, 0.717) is 11.8 Å². The van der Waals surface area contributed by atoms with Crippen molar-refractivity contribution in [3.63, 3.8) is 0 Å². The van der Waals surface area contributed by atoms with Crippen molar-refractivity contribution in [2.75, 3.05) is 4.90 Å². The molecule has 0 fully saturated rings. The molecule has 2 unspecified atom stereocenters.